The van der Waals surface area contributed by atoms with E-state index in [0.29, 0.717) is 12.1 Å². The van der Waals surface area contributed by atoms with Gasteiger partial charge in [-0.1, -0.05) is 12.1 Å². The van der Waals surface area contributed by atoms with Gasteiger partial charge in [0.1, 0.15) is 5.82 Å². The highest BCUT2D eigenvalue weighted by atomic mass is 32.2. The SMILES string of the molecule is CC(O)(C(=O)Nc1ccc(S(=O)(=O)c2ccccc2S(C)(=O)=O)cc1F)C(F)(F)F. The van der Waals surface area contributed by atoms with Crippen molar-refractivity contribution in [3.8, 4) is 0 Å². The average molecular weight is 469 g/mol. The first-order valence-electron chi connectivity index (χ1n) is 7.94. The van der Waals surface area contributed by atoms with E-state index in [1.807, 2.05) is 0 Å². The summed E-state index contributed by atoms with van der Waals surface area (Å²) >= 11 is 0. The van der Waals surface area contributed by atoms with Crippen molar-refractivity contribution in [3.63, 3.8) is 0 Å². The van der Waals surface area contributed by atoms with Crippen LogP contribution in [-0.2, 0) is 24.5 Å². The fourth-order valence-electron chi connectivity index (χ4n) is 2.24. The van der Waals surface area contributed by atoms with Gasteiger partial charge in [-0.05, 0) is 37.3 Å². The number of hydrogen-bond donors (Lipinski definition) is 2. The molecule has 1 amide bonds. The van der Waals surface area contributed by atoms with Crippen LogP contribution in [0.5, 0.6) is 0 Å². The number of aliphatic hydroxyl groups is 1. The van der Waals surface area contributed by atoms with E-state index in [1.54, 1.807) is 0 Å². The Balaban J connectivity index is 2.47. The minimum atomic E-state index is -5.34. The maximum absolute atomic E-state index is 14.3. The Morgan fingerprint density at radius 1 is 1.00 bits per heavy atom. The van der Waals surface area contributed by atoms with E-state index >= 15 is 0 Å². The van der Waals surface area contributed by atoms with E-state index in [9.17, 15) is 44.3 Å². The van der Waals surface area contributed by atoms with E-state index in [4.69, 9.17) is 0 Å². The highest BCUT2D eigenvalue weighted by Crippen LogP contribution is 2.32. The first-order valence-corrected chi connectivity index (χ1v) is 11.3. The summed E-state index contributed by atoms with van der Waals surface area (Å²) in [7, 11) is -8.49. The number of carbonyl (C=O) groups excluding carboxylic acids is 1. The third kappa shape index (κ3) is 4.47. The summed E-state index contributed by atoms with van der Waals surface area (Å²) in [5.74, 6) is -3.40. The van der Waals surface area contributed by atoms with Crippen molar-refractivity contribution in [1.82, 2.24) is 0 Å². The summed E-state index contributed by atoms with van der Waals surface area (Å²) < 4.78 is 102. The van der Waals surface area contributed by atoms with Crippen LogP contribution < -0.4 is 5.32 Å². The zero-order valence-electron chi connectivity index (χ0n) is 15.4. The Labute approximate surface area is 169 Å². The van der Waals surface area contributed by atoms with Crippen LogP contribution in [0.4, 0.5) is 23.2 Å². The van der Waals surface area contributed by atoms with Gasteiger partial charge in [-0.25, -0.2) is 21.2 Å². The van der Waals surface area contributed by atoms with Crippen LogP contribution in [0.1, 0.15) is 6.92 Å². The maximum Gasteiger partial charge on any atom is 0.426 e. The van der Waals surface area contributed by atoms with Crippen molar-refractivity contribution >= 4 is 31.3 Å². The van der Waals surface area contributed by atoms with Crippen LogP contribution in [0, 0.1) is 5.82 Å². The van der Waals surface area contributed by atoms with E-state index in [1.165, 1.54) is 17.4 Å². The molecule has 0 bridgehead atoms. The van der Waals surface area contributed by atoms with Crippen LogP contribution in [-0.4, -0.2) is 45.9 Å². The molecule has 1 unspecified atom stereocenters. The van der Waals surface area contributed by atoms with Crippen molar-refractivity contribution < 1.29 is 44.3 Å². The van der Waals surface area contributed by atoms with Crippen LogP contribution in [0.25, 0.3) is 0 Å². The van der Waals surface area contributed by atoms with Crippen molar-refractivity contribution in [3.05, 3.63) is 48.3 Å². The third-order valence-electron chi connectivity index (χ3n) is 4.03. The lowest BCUT2D eigenvalue weighted by atomic mass is 10.1. The number of benzene rings is 2. The van der Waals surface area contributed by atoms with Gasteiger partial charge in [-0.2, -0.15) is 13.2 Å². The highest BCUT2D eigenvalue weighted by molar-refractivity contribution is 7.94. The molecule has 7 nitrogen and oxygen atoms in total. The number of halogens is 4. The molecule has 0 aromatic heterocycles. The second-order valence-electron chi connectivity index (χ2n) is 6.39. The van der Waals surface area contributed by atoms with E-state index in [2.05, 4.69) is 0 Å². The molecule has 1 atom stereocenters. The fraction of sp³-hybridized carbons (Fsp3) is 0.235. The largest absolute Gasteiger partial charge is 0.426 e. The molecule has 0 heterocycles. The standard InChI is InChI=1S/C17H15F4NO6S2/c1-16(24,17(19,20)21)15(23)22-12-8-7-10(9-11(12)18)30(27,28)14-6-4-3-5-13(14)29(2,25)26/h3-9,24H,1-2H3,(H,22,23). The molecule has 0 fully saturated rings. The normalized spacial score (nSPS) is 14.8. The van der Waals surface area contributed by atoms with Crippen LogP contribution in [0.15, 0.2) is 57.2 Å². The van der Waals surface area contributed by atoms with Gasteiger partial charge in [-0.3, -0.25) is 4.79 Å². The van der Waals surface area contributed by atoms with Crippen LogP contribution >= 0.6 is 0 Å². The Morgan fingerprint density at radius 2 is 1.53 bits per heavy atom. The molecular weight excluding hydrogens is 454 g/mol. The van der Waals surface area contributed by atoms with Gasteiger partial charge >= 0.3 is 6.18 Å². The molecule has 13 heteroatoms. The van der Waals surface area contributed by atoms with Gasteiger partial charge in [0.2, 0.25) is 15.4 Å². The minimum Gasteiger partial charge on any atom is -0.373 e. The molecule has 30 heavy (non-hydrogen) atoms. The summed E-state index contributed by atoms with van der Waals surface area (Å²) in [4.78, 5) is 9.82. The summed E-state index contributed by atoms with van der Waals surface area (Å²) in [6, 6.07) is 6.45. The molecule has 0 aliphatic heterocycles. The highest BCUT2D eigenvalue weighted by Gasteiger charge is 2.55. The summed E-state index contributed by atoms with van der Waals surface area (Å²) in [5, 5.41) is 10.8. The fourth-order valence-corrected chi connectivity index (χ4v) is 5.14. The summed E-state index contributed by atoms with van der Waals surface area (Å²) in [6.07, 6.45) is -4.56. The lowest BCUT2D eigenvalue weighted by molar-refractivity contribution is -0.242. The van der Waals surface area contributed by atoms with Gasteiger partial charge in [0.15, 0.2) is 9.84 Å². The topological polar surface area (TPSA) is 118 Å². The van der Waals surface area contributed by atoms with Crippen molar-refractivity contribution in [1.29, 1.82) is 0 Å². The Morgan fingerprint density at radius 3 is 2.00 bits per heavy atom. The second-order valence-corrected chi connectivity index (χ2v) is 10.3. The zero-order chi connectivity index (χ0) is 23.1. The van der Waals surface area contributed by atoms with Gasteiger partial charge in [0.25, 0.3) is 5.91 Å². The second kappa shape index (κ2) is 7.63. The Bertz CT molecular complexity index is 1200. The number of hydrogen-bond acceptors (Lipinski definition) is 6. The van der Waals surface area contributed by atoms with Crippen molar-refractivity contribution in [2.24, 2.45) is 0 Å². The molecule has 0 aliphatic rings. The van der Waals surface area contributed by atoms with E-state index < -0.39 is 63.6 Å². The molecule has 2 rings (SSSR count). The number of nitrogens with one attached hydrogen (secondary N) is 1. The van der Waals surface area contributed by atoms with Crippen LogP contribution in [0.2, 0.25) is 0 Å². The Kier molecular flexibility index (Phi) is 6.05. The van der Waals surface area contributed by atoms with Crippen molar-refractivity contribution in [2.75, 3.05) is 11.6 Å². The predicted octanol–water partition coefficient (Wildman–Crippen LogP) is 2.31. The third-order valence-corrected chi connectivity index (χ3v) is 7.13. The molecule has 164 valence electrons. The minimum absolute atomic E-state index is 0.168. The molecule has 2 N–H and O–H groups in total. The predicted molar refractivity (Wildman–Crippen MR) is 96.7 cm³/mol. The first-order chi connectivity index (χ1) is 13.5. The molecule has 0 saturated heterocycles. The number of alkyl halides is 3. The first kappa shape index (κ1) is 23.8. The lowest BCUT2D eigenvalue weighted by Crippen LogP contribution is -2.52. The summed E-state index contributed by atoms with van der Waals surface area (Å²) in [6.45, 7) is 0.168. The molecule has 2 aromatic carbocycles. The number of amides is 1. The smallest absolute Gasteiger partial charge is 0.373 e. The molecule has 0 aliphatic carbocycles. The quantitative estimate of drug-likeness (QED) is 0.649. The van der Waals surface area contributed by atoms with Crippen LogP contribution in [0.3, 0.4) is 0 Å². The number of carbonyl (C=O) groups is 1. The number of anilines is 1. The molecular formula is C17H15F4NO6S2. The number of sulfone groups is 2. The summed E-state index contributed by atoms with van der Waals surface area (Å²) in [5.41, 5.74) is -4.64. The zero-order valence-corrected chi connectivity index (χ0v) is 17.0. The molecule has 0 saturated carbocycles. The maximum atomic E-state index is 14.3. The molecule has 0 spiro atoms. The van der Waals surface area contributed by atoms with Crippen molar-refractivity contribution in [2.45, 2.75) is 33.4 Å². The Hall–Kier alpha value is -2.51. The van der Waals surface area contributed by atoms with E-state index in [-0.39, 0.29) is 6.92 Å². The molecule has 0 radical (unpaired) electrons. The molecule has 2 aromatic rings. The lowest BCUT2D eigenvalue weighted by Gasteiger charge is -2.25. The van der Waals surface area contributed by atoms with Gasteiger partial charge in [-0.15, -0.1) is 0 Å². The van der Waals surface area contributed by atoms with E-state index in [0.717, 1.165) is 24.5 Å². The van der Waals surface area contributed by atoms with Gasteiger partial charge < -0.3 is 10.4 Å². The number of rotatable bonds is 5. The van der Waals surface area contributed by atoms with Gasteiger partial charge in [0, 0.05) is 6.26 Å². The average Bonchev–Trinajstić information content (AvgIpc) is 2.61. The monoisotopic (exact) mass is 469 g/mol. The van der Waals surface area contributed by atoms with Gasteiger partial charge in [0.05, 0.1) is 20.4 Å².